The van der Waals surface area contributed by atoms with Gasteiger partial charge in [-0.05, 0) is 26.3 Å². The van der Waals surface area contributed by atoms with Gasteiger partial charge in [-0.3, -0.25) is 9.79 Å². The van der Waals surface area contributed by atoms with Crippen LogP contribution in [0.3, 0.4) is 0 Å². The highest BCUT2D eigenvalue weighted by Crippen LogP contribution is 2.44. The second-order valence-corrected chi connectivity index (χ2v) is 6.67. The van der Waals surface area contributed by atoms with Crippen LogP contribution in [0.1, 0.15) is 31.1 Å². The van der Waals surface area contributed by atoms with Crippen molar-refractivity contribution in [3.05, 3.63) is 34.8 Å². The predicted molar refractivity (Wildman–Crippen MR) is 94.7 cm³/mol. The van der Waals surface area contributed by atoms with E-state index >= 15 is 0 Å². The number of benzene rings is 1. The fourth-order valence-electron chi connectivity index (χ4n) is 2.42. The van der Waals surface area contributed by atoms with Gasteiger partial charge >= 0.3 is 6.18 Å². The average molecular weight is 385 g/mol. The van der Waals surface area contributed by atoms with Gasteiger partial charge in [0.05, 0.1) is 5.69 Å². The summed E-state index contributed by atoms with van der Waals surface area (Å²) >= 11 is 1.38. The minimum Gasteiger partial charge on any atom is -0.368 e. The molecule has 1 aromatic carbocycles. The molecule has 2 rings (SSSR count). The molecule has 0 aliphatic carbocycles. The zero-order valence-electron chi connectivity index (χ0n) is 14.4. The largest absolute Gasteiger partial charge is 0.418 e. The van der Waals surface area contributed by atoms with Crippen LogP contribution in [-0.4, -0.2) is 29.4 Å². The molecule has 0 radical (unpaired) electrons. The monoisotopic (exact) mass is 385 g/mol. The summed E-state index contributed by atoms with van der Waals surface area (Å²) in [4.78, 5) is 19.4. The Hall–Kier alpha value is -2.26. The molecule has 0 aliphatic rings. The van der Waals surface area contributed by atoms with Crippen molar-refractivity contribution in [3.63, 3.8) is 0 Å². The van der Waals surface area contributed by atoms with Gasteiger partial charge in [-0.1, -0.05) is 12.1 Å². The van der Waals surface area contributed by atoms with Crippen molar-refractivity contribution >= 4 is 28.6 Å². The number of rotatable bonds is 6. The maximum absolute atomic E-state index is 13.5. The molecular weight excluding hydrogens is 367 g/mol. The van der Waals surface area contributed by atoms with Crippen molar-refractivity contribution in [2.75, 3.05) is 6.61 Å². The first-order valence-electron chi connectivity index (χ1n) is 7.63. The minimum atomic E-state index is -4.73. The fourth-order valence-corrected chi connectivity index (χ4v) is 3.14. The Bertz CT molecular complexity index is 813. The number of hydrogen-bond acceptors (Lipinski definition) is 5. The van der Waals surface area contributed by atoms with Crippen LogP contribution in [0.4, 0.5) is 18.9 Å². The Morgan fingerprint density at radius 2 is 2.08 bits per heavy atom. The summed E-state index contributed by atoms with van der Waals surface area (Å²) in [5.41, 5.74) is 6.75. The molecule has 0 aliphatic heterocycles. The molecule has 140 valence electrons. The normalized spacial score (nSPS) is 12.7. The molecular formula is C17H18F3N3O2S. The smallest absolute Gasteiger partial charge is 0.368 e. The highest BCUT2D eigenvalue weighted by atomic mass is 32.1. The maximum Gasteiger partial charge on any atom is 0.418 e. The number of hydrogen-bond donors (Lipinski definition) is 1. The second kappa shape index (κ2) is 7.96. The van der Waals surface area contributed by atoms with E-state index < -0.39 is 24.8 Å². The van der Waals surface area contributed by atoms with Crippen molar-refractivity contribution < 1.29 is 22.7 Å². The van der Waals surface area contributed by atoms with Gasteiger partial charge in [0.2, 0.25) is 5.91 Å². The number of nitrogens with two attached hydrogens (primary N) is 1. The molecule has 0 bridgehead atoms. The van der Waals surface area contributed by atoms with Crippen LogP contribution in [0.2, 0.25) is 0 Å². The first kappa shape index (κ1) is 20.1. The quantitative estimate of drug-likeness (QED) is 0.752. The van der Waals surface area contributed by atoms with E-state index in [9.17, 15) is 18.0 Å². The summed E-state index contributed by atoms with van der Waals surface area (Å²) in [5, 5.41) is 2.46. The number of ether oxygens (including phenoxy) is 1. The van der Waals surface area contributed by atoms with Crippen molar-refractivity contribution in [3.8, 4) is 10.6 Å². The highest BCUT2D eigenvalue weighted by Gasteiger charge is 2.43. The lowest BCUT2D eigenvalue weighted by molar-refractivity contribution is -0.222. The first-order chi connectivity index (χ1) is 12.1. The molecule has 26 heavy (non-hydrogen) atoms. The van der Waals surface area contributed by atoms with Gasteiger partial charge in [0.15, 0.2) is 6.10 Å². The molecule has 2 aromatic rings. The Morgan fingerprint density at radius 3 is 2.58 bits per heavy atom. The van der Waals surface area contributed by atoms with Gasteiger partial charge in [0.1, 0.15) is 11.6 Å². The molecule has 1 unspecified atom stereocenters. The van der Waals surface area contributed by atoms with E-state index in [1.165, 1.54) is 17.4 Å². The number of aromatic nitrogens is 1. The predicted octanol–water partition coefficient (Wildman–Crippen LogP) is 4.34. The zero-order chi connectivity index (χ0) is 19.5. The van der Waals surface area contributed by atoms with Gasteiger partial charge in [0.25, 0.3) is 0 Å². The van der Waals surface area contributed by atoms with Crippen molar-refractivity contribution in [2.24, 2.45) is 10.7 Å². The summed E-state index contributed by atoms with van der Waals surface area (Å²) in [7, 11) is 0. The third kappa shape index (κ3) is 4.67. The van der Waals surface area contributed by atoms with Gasteiger partial charge in [-0.25, -0.2) is 4.98 Å². The number of aliphatic imine (C=N–C) groups is 1. The Labute approximate surface area is 152 Å². The number of thiazole rings is 1. The number of carbonyl (C=O) groups excluding carboxylic acids is 1. The lowest BCUT2D eigenvalue weighted by atomic mass is 9.98. The molecule has 9 heteroatoms. The molecule has 0 fully saturated rings. The second-order valence-electron chi connectivity index (χ2n) is 5.77. The summed E-state index contributed by atoms with van der Waals surface area (Å²) in [6, 6.07) is 2.87. The molecule has 1 heterocycles. The lowest BCUT2D eigenvalue weighted by Crippen LogP contribution is -2.28. The third-order valence-electron chi connectivity index (χ3n) is 3.43. The van der Waals surface area contributed by atoms with E-state index in [-0.39, 0.29) is 11.3 Å². The summed E-state index contributed by atoms with van der Waals surface area (Å²) in [6.45, 7) is 4.22. The van der Waals surface area contributed by atoms with Crippen molar-refractivity contribution in [1.82, 2.24) is 4.98 Å². The van der Waals surface area contributed by atoms with E-state index in [4.69, 9.17) is 10.5 Å². The van der Waals surface area contributed by atoms with E-state index in [0.717, 1.165) is 0 Å². The number of nitrogens with zero attached hydrogens (tertiary/aromatic N) is 2. The lowest BCUT2D eigenvalue weighted by Gasteiger charge is -2.23. The van der Waals surface area contributed by atoms with Gasteiger partial charge in [-0.2, -0.15) is 13.2 Å². The molecule has 0 saturated heterocycles. The van der Waals surface area contributed by atoms with Crippen LogP contribution < -0.4 is 5.73 Å². The minimum absolute atomic E-state index is 0.157. The third-order valence-corrected chi connectivity index (χ3v) is 4.24. The standard InChI is InChI=1S/C17H18F3N3O2S/c1-9(2)23-14-10(3)11(16-22-6-7-26-16)4-5-12(14)15(17(18,19)20)25-8-13(21)24/h4-7,15H,8H2,1-3H3,(H2,21,24). The average Bonchev–Trinajstić information content (AvgIpc) is 3.02. The summed E-state index contributed by atoms with van der Waals surface area (Å²) in [5.74, 6) is -0.980. The zero-order valence-corrected chi connectivity index (χ0v) is 15.2. The number of amides is 1. The summed E-state index contributed by atoms with van der Waals surface area (Å²) < 4.78 is 45.4. The molecule has 5 nitrogen and oxygen atoms in total. The number of carbonyl (C=O) groups is 1. The number of alkyl halides is 3. The van der Waals surface area contributed by atoms with E-state index in [1.807, 2.05) is 0 Å². The number of halogens is 3. The molecule has 0 saturated carbocycles. The van der Waals surface area contributed by atoms with Crippen molar-refractivity contribution in [2.45, 2.75) is 33.1 Å². The van der Waals surface area contributed by atoms with Crippen LogP contribution in [0.15, 0.2) is 28.7 Å². The van der Waals surface area contributed by atoms with Crippen LogP contribution in [0.5, 0.6) is 0 Å². The molecule has 1 aromatic heterocycles. The molecule has 0 spiro atoms. The maximum atomic E-state index is 13.5. The van der Waals surface area contributed by atoms with Crippen LogP contribution in [0, 0.1) is 6.92 Å². The molecule has 2 N–H and O–H groups in total. The molecule has 1 atom stereocenters. The van der Waals surface area contributed by atoms with Gasteiger partial charge in [0, 0.05) is 28.4 Å². The van der Waals surface area contributed by atoms with E-state index in [0.29, 0.717) is 21.8 Å². The summed E-state index contributed by atoms with van der Waals surface area (Å²) in [6.07, 6.45) is -5.41. The topological polar surface area (TPSA) is 77.6 Å². The highest BCUT2D eigenvalue weighted by molar-refractivity contribution is 7.13. The van der Waals surface area contributed by atoms with E-state index in [1.54, 1.807) is 38.4 Å². The van der Waals surface area contributed by atoms with Crippen LogP contribution in [0.25, 0.3) is 10.6 Å². The van der Waals surface area contributed by atoms with Crippen molar-refractivity contribution in [1.29, 1.82) is 0 Å². The van der Waals surface area contributed by atoms with Crippen LogP contribution in [-0.2, 0) is 9.53 Å². The van der Waals surface area contributed by atoms with E-state index in [2.05, 4.69) is 9.98 Å². The Balaban J connectivity index is 2.64. The first-order valence-corrected chi connectivity index (χ1v) is 8.51. The van der Waals surface area contributed by atoms with Gasteiger partial charge in [-0.15, -0.1) is 11.3 Å². The van der Waals surface area contributed by atoms with Crippen LogP contribution >= 0.6 is 11.3 Å². The van der Waals surface area contributed by atoms with Gasteiger partial charge < -0.3 is 10.5 Å². The molecule has 1 amide bonds. The Kier molecular flexibility index (Phi) is 6.14. The fraction of sp³-hybridized carbons (Fsp3) is 0.353. The Morgan fingerprint density at radius 1 is 1.38 bits per heavy atom. The SMILES string of the molecule is CC(C)=Nc1c(C(OCC(N)=O)C(F)(F)F)ccc(-c2nccs2)c1C. The number of primary amides is 1.